The van der Waals surface area contributed by atoms with Crippen LogP contribution in [-0.2, 0) is 4.79 Å². The van der Waals surface area contributed by atoms with Crippen molar-refractivity contribution >= 4 is 17.9 Å². The molecule has 2 aromatic rings. The van der Waals surface area contributed by atoms with E-state index < -0.39 is 0 Å². The van der Waals surface area contributed by atoms with Crippen molar-refractivity contribution in [1.82, 2.24) is 10.6 Å². The van der Waals surface area contributed by atoms with Crippen LogP contribution in [-0.4, -0.2) is 39.0 Å². The number of rotatable bonds is 7. The molecule has 2 amide bonds. The van der Waals surface area contributed by atoms with Crippen LogP contribution in [0.25, 0.3) is 6.08 Å². The minimum atomic E-state index is -0.349. The Morgan fingerprint density at radius 2 is 1.88 bits per heavy atom. The highest BCUT2D eigenvalue weighted by molar-refractivity contribution is 6.05. The molecule has 0 atom stereocenters. The zero-order valence-electron chi connectivity index (χ0n) is 14.8. The van der Waals surface area contributed by atoms with Crippen molar-refractivity contribution in [2.45, 2.75) is 6.92 Å². The zero-order chi connectivity index (χ0) is 18.2. The van der Waals surface area contributed by atoms with Crippen LogP contribution in [0.3, 0.4) is 0 Å². The molecule has 0 bridgehead atoms. The van der Waals surface area contributed by atoms with Gasteiger partial charge in [0, 0.05) is 11.6 Å². The standard InChI is InChI=1S/C19H23N3O3/c1-14-6-8-15(9-7-14)18(23)21-17(13-16-5-4-12-25-16)19(24)20-10-11-22(2)3/h4-9,12-13H,10-11H2,1-3H3,(H,20,24)(H,21,23)/p+1/b17-13+. The first-order chi connectivity index (χ1) is 12.0. The molecule has 0 saturated carbocycles. The third-order valence-electron chi connectivity index (χ3n) is 3.55. The first kappa shape index (κ1) is 18.5. The molecule has 25 heavy (non-hydrogen) atoms. The van der Waals surface area contributed by atoms with Crippen LogP contribution in [0, 0.1) is 6.92 Å². The topological polar surface area (TPSA) is 75.8 Å². The summed E-state index contributed by atoms with van der Waals surface area (Å²) >= 11 is 0. The van der Waals surface area contributed by atoms with E-state index in [1.165, 1.54) is 17.2 Å². The van der Waals surface area contributed by atoms with E-state index in [4.69, 9.17) is 4.42 Å². The van der Waals surface area contributed by atoms with Gasteiger partial charge in [0.15, 0.2) is 0 Å². The summed E-state index contributed by atoms with van der Waals surface area (Å²) in [6, 6.07) is 10.6. The maximum atomic E-state index is 12.4. The number of hydrogen-bond donors (Lipinski definition) is 3. The second-order valence-corrected chi connectivity index (χ2v) is 6.11. The first-order valence-corrected chi connectivity index (χ1v) is 8.16. The molecule has 0 aliphatic rings. The molecule has 0 aliphatic heterocycles. The average molecular weight is 342 g/mol. The van der Waals surface area contributed by atoms with Crippen molar-refractivity contribution in [3.8, 4) is 0 Å². The van der Waals surface area contributed by atoms with E-state index in [0.717, 1.165) is 12.1 Å². The fourth-order valence-electron chi connectivity index (χ4n) is 2.09. The molecule has 2 rings (SSSR count). The minimum Gasteiger partial charge on any atom is -0.465 e. The lowest BCUT2D eigenvalue weighted by molar-refractivity contribution is -0.856. The SMILES string of the molecule is Cc1ccc(C(=O)N/C(=C/c2ccco2)C(=O)NCC[NH+](C)C)cc1. The van der Waals surface area contributed by atoms with E-state index in [1.807, 2.05) is 33.2 Å². The predicted octanol–water partition coefficient (Wildman–Crippen LogP) is 0.620. The van der Waals surface area contributed by atoms with Crippen molar-refractivity contribution in [1.29, 1.82) is 0 Å². The molecule has 6 heteroatoms. The third-order valence-corrected chi connectivity index (χ3v) is 3.55. The summed E-state index contributed by atoms with van der Waals surface area (Å²) in [6.45, 7) is 3.24. The first-order valence-electron chi connectivity index (χ1n) is 8.16. The van der Waals surface area contributed by atoms with Gasteiger partial charge in [0.05, 0.1) is 33.4 Å². The molecule has 6 nitrogen and oxygen atoms in total. The van der Waals surface area contributed by atoms with Crippen LogP contribution in [0.1, 0.15) is 21.7 Å². The molecule has 1 aromatic carbocycles. The number of benzene rings is 1. The number of amides is 2. The lowest BCUT2D eigenvalue weighted by Gasteiger charge is -2.12. The number of hydrogen-bond acceptors (Lipinski definition) is 3. The van der Waals surface area contributed by atoms with Gasteiger partial charge in [0.25, 0.3) is 11.8 Å². The van der Waals surface area contributed by atoms with Gasteiger partial charge in [0.2, 0.25) is 0 Å². The smallest absolute Gasteiger partial charge is 0.268 e. The molecule has 132 valence electrons. The van der Waals surface area contributed by atoms with E-state index in [0.29, 0.717) is 17.9 Å². The van der Waals surface area contributed by atoms with Crippen LogP contribution >= 0.6 is 0 Å². The largest absolute Gasteiger partial charge is 0.465 e. The number of likely N-dealkylation sites (N-methyl/N-ethyl adjacent to an activating group) is 1. The third kappa shape index (κ3) is 5.93. The van der Waals surface area contributed by atoms with Gasteiger partial charge in [-0.15, -0.1) is 0 Å². The Morgan fingerprint density at radius 3 is 2.48 bits per heavy atom. The Kier molecular flexibility index (Phi) is 6.54. The second-order valence-electron chi connectivity index (χ2n) is 6.11. The molecule has 0 unspecified atom stereocenters. The lowest BCUT2D eigenvalue weighted by atomic mass is 10.1. The molecular formula is C19H24N3O3+. The molecule has 1 heterocycles. The Balaban J connectivity index is 2.12. The second kappa shape index (κ2) is 8.84. The maximum Gasteiger partial charge on any atom is 0.268 e. The number of carbonyl (C=O) groups is 2. The summed E-state index contributed by atoms with van der Waals surface area (Å²) < 4.78 is 5.25. The highest BCUT2D eigenvalue weighted by Crippen LogP contribution is 2.08. The van der Waals surface area contributed by atoms with Crippen LogP contribution < -0.4 is 15.5 Å². The molecule has 3 N–H and O–H groups in total. The monoisotopic (exact) mass is 342 g/mol. The van der Waals surface area contributed by atoms with Gasteiger partial charge in [-0.25, -0.2) is 0 Å². The van der Waals surface area contributed by atoms with E-state index >= 15 is 0 Å². The number of carbonyl (C=O) groups excluding carboxylic acids is 2. The highest BCUT2D eigenvalue weighted by Gasteiger charge is 2.15. The van der Waals surface area contributed by atoms with Gasteiger partial charge in [-0.2, -0.15) is 0 Å². The van der Waals surface area contributed by atoms with E-state index in [1.54, 1.807) is 24.3 Å². The Hall–Kier alpha value is -2.86. The summed E-state index contributed by atoms with van der Waals surface area (Å²) in [4.78, 5) is 26.1. The number of quaternary nitrogens is 1. The fraction of sp³-hybridized carbons (Fsp3) is 0.263. The van der Waals surface area contributed by atoms with Crippen molar-refractivity contribution in [2.75, 3.05) is 27.2 Å². The molecule has 1 aromatic heterocycles. The summed E-state index contributed by atoms with van der Waals surface area (Å²) in [5.74, 6) is -0.197. The quantitative estimate of drug-likeness (QED) is 0.646. The normalized spacial score (nSPS) is 11.4. The fourth-order valence-corrected chi connectivity index (χ4v) is 2.09. The molecule has 0 aliphatic carbocycles. The number of aryl methyl sites for hydroxylation is 1. The number of furan rings is 1. The van der Waals surface area contributed by atoms with Gasteiger partial charge >= 0.3 is 0 Å². The zero-order valence-corrected chi connectivity index (χ0v) is 14.8. The van der Waals surface area contributed by atoms with Crippen molar-refractivity contribution in [2.24, 2.45) is 0 Å². The van der Waals surface area contributed by atoms with E-state index in [2.05, 4.69) is 10.6 Å². The van der Waals surface area contributed by atoms with Gasteiger partial charge in [-0.1, -0.05) is 17.7 Å². The summed E-state index contributed by atoms with van der Waals surface area (Å²) in [7, 11) is 4.01. The van der Waals surface area contributed by atoms with Gasteiger partial charge in [0.1, 0.15) is 11.5 Å². The lowest BCUT2D eigenvalue weighted by Crippen LogP contribution is -3.06. The molecular weight excluding hydrogens is 318 g/mol. The molecule has 0 saturated heterocycles. The number of nitrogens with one attached hydrogen (secondary N) is 3. The van der Waals surface area contributed by atoms with Crippen molar-refractivity contribution in [3.63, 3.8) is 0 Å². The summed E-state index contributed by atoms with van der Waals surface area (Å²) in [6.07, 6.45) is 3.03. The van der Waals surface area contributed by atoms with Crippen molar-refractivity contribution < 1.29 is 18.9 Å². The van der Waals surface area contributed by atoms with Gasteiger partial charge in [-0.05, 0) is 31.2 Å². The average Bonchev–Trinajstić information content (AvgIpc) is 3.07. The minimum absolute atomic E-state index is 0.147. The molecule has 0 fully saturated rings. The van der Waals surface area contributed by atoms with Gasteiger partial charge < -0.3 is 20.0 Å². The summed E-state index contributed by atoms with van der Waals surface area (Å²) in [5, 5.41) is 5.48. The predicted molar refractivity (Wildman–Crippen MR) is 96.0 cm³/mol. The summed E-state index contributed by atoms with van der Waals surface area (Å²) in [5.41, 5.74) is 1.70. The molecule has 0 radical (unpaired) electrons. The van der Waals surface area contributed by atoms with Gasteiger partial charge in [-0.3, -0.25) is 9.59 Å². The van der Waals surface area contributed by atoms with Crippen LogP contribution in [0.2, 0.25) is 0 Å². The Labute approximate surface area is 147 Å². The Morgan fingerprint density at radius 1 is 1.16 bits per heavy atom. The van der Waals surface area contributed by atoms with E-state index in [9.17, 15) is 9.59 Å². The van der Waals surface area contributed by atoms with Crippen molar-refractivity contribution in [3.05, 3.63) is 65.2 Å². The van der Waals surface area contributed by atoms with E-state index in [-0.39, 0.29) is 17.5 Å². The molecule has 0 spiro atoms. The van der Waals surface area contributed by atoms with Crippen LogP contribution in [0.4, 0.5) is 0 Å². The maximum absolute atomic E-state index is 12.4. The van der Waals surface area contributed by atoms with Crippen LogP contribution in [0.15, 0.2) is 52.8 Å². The van der Waals surface area contributed by atoms with Crippen LogP contribution in [0.5, 0.6) is 0 Å². The Bertz CT molecular complexity index is 732. The highest BCUT2D eigenvalue weighted by atomic mass is 16.3.